The first-order valence-electron chi connectivity index (χ1n) is 10.3. The number of benzene rings is 1. The van der Waals surface area contributed by atoms with Crippen molar-refractivity contribution in [3.05, 3.63) is 76.4 Å². The number of nitrogens with zero attached hydrogens (tertiary/aromatic N) is 4. The van der Waals surface area contributed by atoms with Crippen LogP contribution in [0, 0.1) is 31.0 Å². The Kier molecular flexibility index (Phi) is 6.58. The maximum atomic E-state index is 13.6. The lowest BCUT2D eigenvalue weighted by Crippen LogP contribution is -2.44. The largest absolute Gasteiger partial charge is 0.343 e. The van der Waals surface area contributed by atoms with Gasteiger partial charge in [0.05, 0.1) is 16.7 Å². The normalized spacial score (nSPS) is 11.0. The fourth-order valence-electron chi connectivity index (χ4n) is 3.66. The highest BCUT2D eigenvalue weighted by atomic mass is 19.1. The van der Waals surface area contributed by atoms with Gasteiger partial charge in [-0.3, -0.25) is 14.4 Å². The lowest BCUT2D eigenvalue weighted by Gasteiger charge is -2.25. The third-order valence-electron chi connectivity index (χ3n) is 5.63. The van der Waals surface area contributed by atoms with Crippen LogP contribution < -0.4 is 10.6 Å². The van der Waals surface area contributed by atoms with Crippen LogP contribution in [0.25, 0.3) is 0 Å². The monoisotopic (exact) mass is 462 g/mol. The summed E-state index contributed by atoms with van der Waals surface area (Å²) in [5.74, 6) is -2.90. The van der Waals surface area contributed by atoms with E-state index in [2.05, 4.69) is 20.6 Å². The van der Waals surface area contributed by atoms with Gasteiger partial charge in [-0.25, -0.2) is 14.4 Å². The van der Waals surface area contributed by atoms with Gasteiger partial charge in [0, 0.05) is 36.4 Å². The molecule has 10 heteroatoms. The zero-order valence-corrected chi connectivity index (χ0v) is 19.4. The summed E-state index contributed by atoms with van der Waals surface area (Å²) in [5.41, 5.74) is 0.742. The van der Waals surface area contributed by atoms with E-state index in [1.807, 2.05) is 0 Å². The predicted octanol–water partition coefficient (Wildman–Crippen LogP) is 2.93. The molecule has 3 aromatic rings. The van der Waals surface area contributed by atoms with Crippen LogP contribution >= 0.6 is 0 Å². The van der Waals surface area contributed by atoms with Crippen molar-refractivity contribution in [2.24, 2.45) is 7.05 Å². The van der Waals surface area contributed by atoms with Gasteiger partial charge in [0.1, 0.15) is 23.9 Å². The van der Waals surface area contributed by atoms with Crippen LogP contribution in [0.4, 0.5) is 10.1 Å². The molecule has 0 aliphatic carbocycles. The number of halogens is 1. The number of hydrogen-bond donors (Lipinski definition) is 2. The SMILES string of the molecule is Cc1c(C(=O)C(=O)NC(C)(C)c2cncnc2)c(C)n(C)c1C(=O)Nc1ccc(F)c(C#N)c1. The molecule has 174 valence electrons. The van der Waals surface area contributed by atoms with Gasteiger partial charge in [0.15, 0.2) is 0 Å². The van der Waals surface area contributed by atoms with Crippen molar-refractivity contribution in [3.8, 4) is 6.07 Å². The highest BCUT2D eigenvalue weighted by molar-refractivity contribution is 6.43. The highest BCUT2D eigenvalue weighted by Gasteiger charge is 2.32. The average molecular weight is 462 g/mol. The number of aromatic nitrogens is 3. The first-order chi connectivity index (χ1) is 16.0. The molecule has 0 aliphatic rings. The smallest absolute Gasteiger partial charge is 0.293 e. The lowest BCUT2D eigenvalue weighted by molar-refractivity contribution is -0.118. The van der Waals surface area contributed by atoms with Crippen molar-refractivity contribution < 1.29 is 18.8 Å². The van der Waals surface area contributed by atoms with E-state index in [0.717, 1.165) is 6.07 Å². The molecule has 0 saturated heterocycles. The van der Waals surface area contributed by atoms with Crippen molar-refractivity contribution >= 4 is 23.3 Å². The van der Waals surface area contributed by atoms with E-state index in [-0.39, 0.29) is 22.5 Å². The summed E-state index contributed by atoms with van der Waals surface area (Å²) < 4.78 is 15.1. The Morgan fingerprint density at radius 3 is 2.41 bits per heavy atom. The van der Waals surface area contributed by atoms with Gasteiger partial charge in [-0.1, -0.05) is 0 Å². The number of carbonyl (C=O) groups is 3. The third-order valence-corrected chi connectivity index (χ3v) is 5.63. The Morgan fingerprint density at radius 2 is 1.79 bits per heavy atom. The number of ketones is 1. The van der Waals surface area contributed by atoms with Gasteiger partial charge in [-0.15, -0.1) is 0 Å². The van der Waals surface area contributed by atoms with E-state index < -0.39 is 29.0 Å². The van der Waals surface area contributed by atoms with E-state index in [0.29, 0.717) is 16.8 Å². The van der Waals surface area contributed by atoms with Gasteiger partial charge >= 0.3 is 0 Å². The molecule has 2 N–H and O–H groups in total. The first-order valence-corrected chi connectivity index (χ1v) is 10.3. The van der Waals surface area contributed by atoms with Crippen LogP contribution in [0.5, 0.6) is 0 Å². The standard InChI is InChI=1S/C24H23FN6O3/c1-13-19(21(32)23(34)30-24(3,4)16-10-27-12-28-11-16)14(2)31(5)20(13)22(33)29-17-6-7-18(25)15(8-17)9-26/h6-8,10-12H,1-5H3,(H,29,33)(H,30,34). The Balaban J connectivity index is 1.88. The second kappa shape index (κ2) is 9.23. The van der Waals surface area contributed by atoms with E-state index in [9.17, 15) is 18.8 Å². The van der Waals surface area contributed by atoms with Crippen molar-refractivity contribution in [2.75, 3.05) is 5.32 Å². The topological polar surface area (TPSA) is 130 Å². The molecule has 0 spiro atoms. The number of nitrogens with one attached hydrogen (secondary N) is 2. The molecule has 2 heterocycles. The maximum Gasteiger partial charge on any atom is 0.293 e. The van der Waals surface area contributed by atoms with E-state index in [1.54, 1.807) is 53.2 Å². The van der Waals surface area contributed by atoms with E-state index in [1.165, 1.54) is 23.0 Å². The molecule has 9 nitrogen and oxygen atoms in total. The summed E-state index contributed by atoms with van der Waals surface area (Å²) in [6, 6.07) is 5.34. The zero-order chi connectivity index (χ0) is 25.2. The zero-order valence-electron chi connectivity index (χ0n) is 19.4. The number of rotatable bonds is 6. The summed E-state index contributed by atoms with van der Waals surface area (Å²) in [5, 5.41) is 14.3. The predicted molar refractivity (Wildman–Crippen MR) is 121 cm³/mol. The molecular formula is C24H23FN6O3. The third kappa shape index (κ3) is 4.54. The molecule has 0 bridgehead atoms. The molecule has 1 aromatic carbocycles. The minimum absolute atomic E-state index is 0.113. The fraction of sp³-hybridized carbons (Fsp3) is 0.250. The summed E-state index contributed by atoms with van der Waals surface area (Å²) in [6.07, 6.45) is 4.46. The first kappa shape index (κ1) is 24.3. The van der Waals surface area contributed by atoms with Crippen LogP contribution in [0.2, 0.25) is 0 Å². The minimum Gasteiger partial charge on any atom is -0.343 e. The second-order valence-corrected chi connectivity index (χ2v) is 8.29. The molecule has 0 radical (unpaired) electrons. The maximum absolute atomic E-state index is 13.6. The van der Waals surface area contributed by atoms with Crippen molar-refractivity contribution in [1.29, 1.82) is 5.26 Å². The minimum atomic E-state index is -0.911. The van der Waals surface area contributed by atoms with Crippen LogP contribution in [0.15, 0.2) is 36.9 Å². The van der Waals surface area contributed by atoms with Gasteiger partial charge in [0.2, 0.25) is 0 Å². The molecule has 0 atom stereocenters. The van der Waals surface area contributed by atoms with Crippen molar-refractivity contribution in [1.82, 2.24) is 19.9 Å². The highest BCUT2D eigenvalue weighted by Crippen LogP contribution is 2.25. The number of Topliss-reactive ketones (excluding diaryl/α,β-unsaturated/α-hetero) is 1. The second-order valence-electron chi connectivity index (χ2n) is 8.29. The molecule has 2 amide bonds. The van der Waals surface area contributed by atoms with E-state index in [4.69, 9.17) is 5.26 Å². The molecule has 0 fully saturated rings. The van der Waals surface area contributed by atoms with Crippen LogP contribution in [0.1, 0.15) is 57.1 Å². The fourth-order valence-corrected chi connectivity index (χ4v) is 3.66. The average Bonchev–Trinajstić information content (AvgIpc) is 3.02. The summed E-state index contributed by atoms with van der Waals surface area (Å²) in [4.78, 5) is 46.8. The Morgan fingerprint density at radius 1 is 1.15 bits per heavy atom. The van der Waals surface area contributed by atoms with Crippen molar-refractivity contribution in [3.63, 3.8) is 0 Å². The number of anilines is 1. The summed E-state index contributed by atoms with van der Waals surface area (Å²) in [7, 11) is 1.60. The van der Waals surface area contributed by atoms with Gasteiger partial charge in [-0.2, -0.15) is 5.26 Å². The molecule has 0 aliphatic heterocycles. The van der Waals surface area contributed by atoms with E-state index >= 15 is 0 Å². The van der Waals surface area contributed by atoms with Gasteiger partial charge in [0.25, 0.3) is 17.6 Å². The number of amides is 2. The Bertz CT molecular complexity index is 1340. The quantitative estimate of drug-likeness (QED) is 0.428. The number of hydrogen-bond acceptors (Lipinski definition) is 6. The Labute approximate surface area is 195 Å². The molecular weight excluding hydrogens is 439 g/mol. The number of nitriles is 1. The van der Waals surface area contributed by atoms with Crippen molar-refractivity contribution in [2.45, 2.75) is 33.2 Å². The summed E-state index contributed by atoms with van der Waals surface area (Å²) in [6.45, 7) is 6.65. The Hall–Kier alpha value is -4.39. The summed E-state index contributed by atoms with van der Waals surface area (Å²) >= 11 is 0. The number of carbonyl (C=O) groups excluding carboxylic acids is 3. The van der Waals surface area contributed by atoms with Crippen LogP contribution in [0.3, 0.4) is 0 Å². The molecule has 0 saturated carbocycles. The van der Waals surface area contributed by atoms with Gasteiger partial charge in [-0.05, 0) is 51.5 Å². The van der Waals surface area contributed by atoms with Gasteiger partial charge < -0.3 is 15.2 Å². The van der Waals surface area contributed by atoms with Crippen LogP contribution in [-0.4, -0.2) is 32.1 Å². The van der Waals surface area contributed by atoms with Crippen LogP contribution in [-0.2, 0) is 17.4 Å². The molecule has 3 rings (SSSR count). The lowest BCUT2D eigenvalue weighted by atomic mass is 9.96. The molecule has 2 aromatic heterocycles. The molecule has 0 unspecified atom stereocenters. The molecule has 34 heavy (non-hydrogen) atoms.